The molecule has 0 bridgehead atoms. The van der Waals surface area contributed by atoms with E-state index in [4.69, 9.17) is 5.73 Å². The molecular weight excluding hydrogens is 208 g/mol. The minimum absolute atomic E-state index is 0.465. The molecule has 0 amide bonds. The molecule has 2 heteroatoms. The van der Waals surface area contributed by atoms with Crippen LogP contribution in [0.25, 0.3) is 0 Å². The van der Waals surface area contributed by atoms with E-state index in [2.05, 4.69) is 35.2 Å². The Morgan fingerprint density at radius 1 is 1.24 bits per heavy atom. The lowest BCUT2D eigenvalue weighted by atomic mass is 9.85. The van der Waals surface area contributed by atoms with Crippen molar-refractivity contribution in [3.8, 4) is 0 Å². The first kappa shape index (κ1) is 11.2. The Kier molecular flexibility index (Phi) is 2.93. The van der Waals surface area contributed by atoms with Crippen LogP contribution in [0.5, 0.6) is 0 Å². The summed E-state index contributed by atoms with van der Waals surface area (Å²) in [7, 11) is 0. The van der Waals surface area contributed by atoms with E-state index >= 15 is 0 Å². The molecule has 1 saturated carbocycles. The van der Waals surface area contributed by atoms with Crippen LogP contribution in [0, 0.1) is 5.41 Å². The topological polar surface area (TPSA) is 29.3 Å². The normalized spacial score (nSPS) is 33.6. The molecule has 1 aromatic rings. The van der Waals surface area contributed by atoms with Crippen LogP contribution in [0.3, 0.4) is 0 Å². The zero-order valence-electron chi connectivity index (χ0n) is 10.4. The van der Waals surface area contributed by atoms with Gasteiger partial charge in [-0.3, -0.25) is 4.90 Å². The Hall–Kier alpha value is -0.860. The molecule has 2 fully saturated rings. The third-order valence-corrected chi connectivity index (χ3v) is 4.51. The lowest BCUT2D eigenvalue weighted by Gasteiger charge is -2.24. The SMILES string of the molecule is N[C@H]1CC[C@@]2(CCN(Cc3ccccc3)C2)C1. The fourth-order valence-corrected chi connectivity index (χ4v) is 3.63. The number of nitrogens with zero attached hydrogens (tertiary/aromatic N) is 1. The molecule has 2 N–H and O–H groups in total. The van der Waals surface area contributed by atoms with Gasteiger partial charge in [-0.15, -0.1) is 0 Å². The van der Waals surface area contributed by atoms with E-state index in [1.165, 1.54) is 44.3 Å². The molecule has 2 nitrogen and oxygen atoms in total. The van der Waals surface area contributed by atoms with Crippen molar-refractivity contribution in [1.29, 1.82) is 0 Å². The van der Waals surface area contributed by atoms with Crippen molar-refractivity contribution in [2.45, 2.75) is 38.3 Å². The van der Waals surface area contributed by atoms with Gasteiger partial charge in [-0.05, 0) is 43.2 Å². The van der Waals surface area contributed by atoms with Gasteiger partial charge in [-0.1, -0.05) is 30.3 Å². The molecule has 1 saturated heterocycles. The molecule has 1 heterocycles. The van der Waals surface area contributed by atoms with E-state index < -0.39 is 0 Å². The van der Waals surface area contributed by atoms with Crippen molar-refractivity contribution in [3.05, 3.63) is 35.9 Å². The van der Waals surface area contributed by atoms with Gasteiger partial charge < -0.3 is 5.73 Å². The Balaban J connectivity index is 1.61. The Morgan fingerprint density at radius 3 is 2.76 bits per heavy atom. The Labute approximate surface area is 104 Å². The van der Waals surface area contributed by atoms with Crippen molar-refractivity contribution in [1.82, 2.24) is 4.90 Å². The van der Waals surface area contributed by atoms with Crippen LogP contribution < -0.4 is 5.73 Å². The third kappa shape index (κ3) is 2.38. The highest BCUT2D eigenvalue weighted by atomic mass is 15.2. The standard InChI is InChI=1S/C15H22N2/c16-14-6-7-15(10-14)8-9-17(12-15)11-13-4-2-1-3-5-13/h1-5,14H,6-12,16H2/t14-,15+/m0/s1. The molecule has 1 spiro atoms. The molecule has 17 heavy (non-hydrogen) atoms. The van der Waals surface area contributed by atoms with Crippen LogP contribution in [-0.4, -0.2) is 24.0 Å². The summed E-state index contributed by atoms with van der Waals surface area (Å²) in [4.78, 5) is 2.60. The molecule has 2 aliphatic rings. The van der Waals surface area contributed by atoms with Crippen molar-refractivity contribution >= 4 is 0 Å². The summed E-state index contributed by atoms with van der Waals surface area (Å²) in [5, 5.41) is 0. The maximum atomic E-state index is 6.07. The predicted octanol–water partition coefficient (Wildman–Crippen LogP) is 2.39. The summed E-state index contributed by atoms with van der Waals surface area (Å²) >= 11 is 0. The maximum absolute atomic E-state index is 6.07. The Morgan fingerprint density at radius 2 is 2.06 bits per heavy atom. The van der Waals surface area contributed by atoms with Gasteiger partial charge in [-0.2, -0.15) is 0 Å². The van der Waals surface area contributed by atoms with Crippen LogP contribution in [0.4, 0.5) is 0 Å². The van der Waals surface area contributed by atoms with E-state index in [0.717, 1.165) is 6.54 Å². The summed E-state index contributed by atoms with van der Waals surface area (Å²) < 4.78 is 0. The maximum Gasteiger partial charge on any atom is 0.0233 e. The number of nitrogens with two attached hydrogens (primary N) is 1. The van der Waals surface area contributed by atoms with Gasteiger partial charge >= 0.3 is 0 Å². The summed E-state index contributed by atoms with van der Waals surface area (Å²) in [5.74, 6) is 0. The molecule has 1 aromatic carbocycles. The number of hydrogen-bond donors (Lipinski definition) is 1. The minimum Gasteiger partial charge on any atom is -0.328 e. The Bertz CT molecular complexity index is 376. The van der Waals surface area contributed by atoms with Gasteiger partial charge in [0.25, 0.3) is 0 Å². The van der Waals surface area contributed by atoms with Gasteiger partial charge in [0.05, 0.1) is 0 Å². The van der Waals surface area contributed by atoms with E-state index in [0.29, 0.717) is 11.5 Å². The highest BCUT2D eigenvalue weighted by molar-refractivity contribution is 5.15. The molecular formula is C15H22N2. The van der Waals surface area contributed by atoms with Crippen molar-refractivity contribution in [3.63, 3.8) is 0 Å². The second-order valence-electron chi connectivity index (χ2n) is 5.95. The lowest BCUT2D eigenvalue weighted by Crippen LogP contribution is -2.26. The minimum atomic E-state index is 0.465. The summed E-state index contributed by atoms with van der Waals surface area (Å²) in [5.41, 5.74) is 8.07. The van der Waals surface area contributed by atoms with E-state index in [1.54, 1.807) is 0 Å². The highest BCUT2D eigenvalue weighted by Crippen LogP contribution is 2.45. The lowest BCUT2D eigenvalue weighted by molar-refractivity contribution is 0.254. The van der Waals surface area contributed by atoms with Crippen molar-refractivity contribution < 1.29 is 0 Å². The van der Waals surface area contributed by atoms with E-state index in [9.17, 15) is 0 Å². The van der Waals surface area contributed by atoms with Gasteiger partial charge in [0.1, 0.15) is 0 Å². The zero-order chi connectivity index (χ0) is 11.7. The van der Waals surface area contributed by atoms with Crippen LogP contribution in [0.2, 0.25) is 0 Å². The van der Waals surface area contributed by atoms with E-state index in [1.807, 2.05) is 0 Å². The van der Waals surface area contributed by atoms with Gasteiger partial charge in [0.2, 0.25) is 0 Å². The largest absolute Gasteiger partial charge is 0.328 e. The molecule has 92 valence electrons. The second-order valence-corrected chi connectivity index (χ2v) is 5.95. The van der Waals surface area contributed by atoms with Gasteiger partial charge in [0, 0.05) is 19.1 Å². The molecule has 0 aromatic heterocycles. The predicted molar refractivity (Wildman–Crippen MR) is 70.6 cm³/mol. The first-order chi connectivity index (χ1) is 8.26. The average Bonchev–Trinajstić information content (AvgIpc) is 2.88. The summed E-state index contributed by atoms with van der Waals surface area (Å²) in [6.45, 7) is 3.62. The molecule has 1 aliphatic carbocycles. The number of hydrogen-bond acceptors (Lipinski definition) is 2. The molecule has 3 rings (SSSR count). The smallest absolute Gasteiger partial charge is 0.0233 e. The van der Waals surface area contributed by atoms with Crippen LogP contribution >= 0.6 is 0 Å². The highest BCUT2D eigenvalue weighted by Gasteiger charge is 2.42. The fourth-order valence-electron chi connectivity index (χ4n) is 3.63. The second kappa shape index (κ2) is 4.43. The van der Waals surface area contributed by atoms with Crippen LogP contribution in [-0.2, 0) is 6.54 Å². The molecule has 1 aliphatic heterocycles. The zero-order valence-corrected chi connectivity index (χ0v) is 10.4. The fraction of sp³-hybridized carbons (Fsp3) is 0.600. The van der Waals surface area contributed by atoms with Gasteiger partial charge in [-0.25, -0.2) is 0 Å². The van der Waals surface area contributed by atoms with Crippen molar-refractivity contribution in [2.75, 3.05) is 13.1 Å². The van der Waals surface area contributed by atoms with Crippen LogP contribution in [0.15, 0.2) is 30.3 Å². The summed E-state index contributed by atoms with van der Waals surface area (Å²) in [6.07, 6.45) is 5.18. The average molecular weight is 230 g/mol. The molecule has 2 atom stereocenters. The van der Waals surface area contributed by atoms with E-state index in [-0.39, 0.29) is 0 Å². The summed E-state index contributed by atoms with van der Waals surface area (Å²) in [6, 6.07) is 11.3. The quantitative estimate of drug-likeness (QED) is 0.845. The molecule has 0 unspecified atom stereocenters. The first-order valence-electron chi connectivity index (χ1n) is 6.78. The van der Waals surface area contributed by atoms with Crippen molar-refractivity contribution in [2.24, 2.45) is 11.1 Å². The first-order valence-corrected chi connectivity index (χ1v) is 6.78. The monoisotopic (exact) mass is 230 g/mol. The third-order valence-electron chi connectivity index (χ3n) is 4.51. The number of rotatable bonds is 2. The van der Waals surface area contributed by atoms with Crippen LogP contribution in [0.1, 0.15) is 31.2 Å². The number of benzene rings is 1. The molecule has 0 radical (unpaired) electrons. The van der Waals surface area contributed by atoms with Gasteiger partial charge in [0.15, 0.2) is 0 Å². The number of likely N-dealkylation sites (tertiary alicyclic amines) is 1.